The summed E-state index contributed by atoms with van der Waals surface area (Å²) in [5, 5.41) is 0. The van der Waals surface area contributed by atoms with E-state index in [9.17, 15) is 0 Å². The van der Waals surface area contributed by atoms with Crippen LogP contribution in [0, 0.1) is 40.0 Å². The molecule has 0 N–H and O–H groups in total. The molecule has 2 aliphatic carbocycles. The van der Waals surface area contributed by atoms with Crippen molar-refractivity contribution in [3.05, 3.63) is 121 Å². The Bertz CT molecular complexity index is 1820. The van der Waals surface area contributed by atoms with Crippen LogP contribution in [-0.4, -0.2) is 15.9 Å². The van der Waals surface area contributed by atoms with Gasteiger partial charge in [0.1, 0.15) is 0 Å². The first kappa shape index (κ1) is 31.7. The first-order valence-corrected chi connectivity index (χ1v) is 17.3. The van der Waals surface area contributed by atoms with Gasteiger partial charge >= 0.3 is 0 Å². The lowest BCUT2D eigenvalue weighted by Crippen LogP contribution is -2.14. The molecular formula is C41H46N2S. The van der Waals surface area contributed by atoms with Crippen LogP contribution in [0.1, 0.15) is 98.0 Å². The number of benzene rings is 2. The maximum atomic E-state index is 5.89. The van der Waals surface area contributed by atoms with Crippen molar-refractivity contribution < 1.29 is 0 Å². The van der Waals surface area contributed by atoms with E-state index >= 15 is 0 Å². The number of aromatic nitrogens is 1. The number of aryl methyl sites for hydroxylation is 3. The Morgan fingerprint density at radius 3 is 2.32 bits per heavy atom. The molecule has 44 heavy (non-hydrogen) atoms. The fourth-order valence-corrected chi connectivity index (χ4v) is 8.16. The molecule has 0 radical (unpaired) electrons. The van der Waals surface area contributed by atoms with Crippen LogP contribution in [-0.2, 0) is 6.42 Å². The van der Waals surface area contributed by atoms with Gasteiger partial charge in [-0.25, -0.2) is 4.99 Å². The van der Waals surface area contributed by atoms with E-state index in [-0.39, 0.29) is 0 Å². The molecule has 6 rings (SSSR count). The first-order chi connectivity index (χ1) is 21.3. The number of aliphatic imine (C=N–C) groups is 1. The average Bonchev–Trinajstić information content (AvgIpc) is 3.52. The molecule has 0 saturated carbocycles. The average molecular weight is 599 g/mol. The maximum Gasteiger partial charge on any atom is 0.0769 e. The highest BCUT2D eigenvalue weighted by Crippen LogP contribution is 2.48. The van der Waals surface area contributed by atoms with E-state index in [0.717, 1.165) is 43.4 Å². The quantitative estimate of drug-likeness (QED) is 0.267. The third-order valence-corrected chi connectivity index (χ3v) is 10.1. The van der Waals surface area contributed by atoms with Crippen LogP contribution in [0.3, 0.4) is 0 Å². The minimum Gasteiger partial charge on any atom is -0.283 e. The van der Waals surface area contributed by atoms with Gasteiger partial charge in [-0.1, -0.05) is 68.7 Å². The van der Waals surface area contributed by atoms with Crippen molar-refractivity contribution in [1.82, 2.24) is 3.97 Å². The van der Waals surface area contributed by atoms with Crippen molar-refractivity contribution in [2.75, 3.05) is 6.26 Å². The molecule has 1 aliphatic heterocycles. The predicted octanol–water partition coefficient (Wildman–Crippen LogP) is 11.1. The number of allylic oxidation sites excluding steroid dienone is 6. The second kappa shape index (κ2) is 13.1. The van der Waals surface area contributed by atoms with Crippen molar-refractivity contribution in [2.45, 2.75) is 87.5 Å². The van der Waals surface area contributed by atoms with Crippen LogP contribution >= 0.6 is 11.9 Å². The minimum absolute atomic E-state index is 0.925. The number of terminal acetylenes is 1. The third kappa shape index (κ3) is 5.18. The molecule has 0 unspecified atom stereocenters. The highest BCUT2D eigenvalue weighted by atomic mass is 32.2. The van der Waals surface area contributed by atoms with Gasteiger partial charge in [0.15, 0.2) is 0 Å². The van der Waals surface area contributed by atoms with E-state index in [2.05, 4.69) is 106 Å². The second-order valence-electron chi connectivity index (χ2n) is 11.8. The monoisotopic (exact) mass is 598 g/mol. The van der Waals surface area contributed by atoms with E-state index in [4.69, 9.17) is 11.4 Å². The Kier molecular flexibility index (Phi) is 9.42. The van der Waals surface area contributed by atoms with Gasteiger partial charge in [0.25, 0.3) is 0 Å². The Balaban J connectivity index is 0.00000188. The molecule has 0 amide bonds. The Labute approximate surface area is 269 Å². The van der Waals surface area contributed by atoms with Crippen molar-refractivity contribution in [3.8, 4) is 23.6 Å². The largest absolute Gasteiger partial charge is 0.283 e. The smallest absolute Gasteiger partial charge is 0.0769 e. The highest BCUT2D eigenvalue weighted by molar-refractivity contribution is 7.97. The Morgan fingerprint density at radius 2 is 1.68 bits per heavy atom. The lowest BCUT2D eigenvalue weighted by atomic mass is 9.81. The summed E-state index contributed by atoms with van der Waals surface area (Å²) in [4.78, 5) is 5.58. The molecule has 2 heterocycles. The molecule has 3 heteroatoms. The summed E-state index contributed by atoms with van der Waals surface area (Å²) in [6.07, 6.45) is 18.2. The molecule has 2 aromatic carbocycles. The van der Waals surface area contributed by atoms with Crippen LogP contribution in [0.2, 0.25) is 0 Å². The highest BCUT2D eigenvalue weighted by Gasteiger charge is 2.34. The van der Waals surface area contributed by atoms with Crippen LogP contribution < -0.4 is 0 Å². The van der Waals surface area contributed by atoms with Crippen molar-refractivity contribution in [1.29, 1.82) is 0 Å². The molecule has 0 spiro atoms. The second-order valence-corrected chi connectivity index (χ2v) is 12.6. The summed E-state index contributed by atoms with van der Waals surface area (Å²) in [5.41, 5.74) is 21.6. The van der Waals surface area contributed by atoms with Gasteiger partial charge in [-0.2, -0.15) is 0 Å². The Morgan fingerprint density at radius 1 is 0.977 bits per heavy atom. The Hall–Kier alpha value is -3.74. The van der Waals surface area contributed by atoms with Gasteiger partial charge < -0.3 is 0 Å². The molecule has 0 bridgehead atoms. The molecular weight excluding hydrogens is 553 g/mol. The number of nitrogens with zero attached hydrogens (tertiary/aromatic N) is 2. The topological polar surface area (TPSA) is 17.3 Å². The molecule has 1 aromatic heterocycles. The molecule has 3 aromatic rings. The van der Waals surface area contributed by atoms with Crippen molar-refractivity contribution in [2.24, 2.45) is 4.99 Å². The number of hydrogen-bond acceptors (Lipinski definition) is 2. The summed E-state index contributed by atoms with van der Waals surface area (Å²) in [7, 11) is 0. The summed E-state index contributed by atoms with van der Waals surface area (Å²) in [5.74, 6) is 2.87. The van der Waals surface area contributed by atoms with E-state index in [0.29, 0.717) is 0 Å². The van der Waals surface area contributed by atoms with Crippen LogP contribution in [0.5, 0.6) is 0 Å². The SMILES string of the molecule is C#Cc1cc(C)c(/C(=C2/N=C3C4=C(CCC=C4)CCC3=C2C)c2c(C)c(CC)c(-c3ccccc3C)n2SC)c(C)c1.CC. The predicted molar refractivity (Wildman–Crippen MR) is 194 cm³/mol. The van der Waals surface area contributed by atoms with Gasteiger partial charge in [0.05, 0.1) is 22.8 Å². The lowest BCUT2D eigenvalue weighted by molar-refractivity contribution is 0.823. The molecule has 3 aliphatic rings. The zero-order valence-electron chi connectivity index (χ0n) is 28.0. The van der Waals surface area contributed by atoms with Crippen molar-refractivity contribution in [3.63, 3.8) is 0 Å². The van der Waals surface area contributed by atoms with Crippen LogP contribution in [0.4, 0.5) is 0 Å². The number of hydrogen-bond donors (Lipinski definition) is 0. The third-order valence-electron chi connectivity index (χ3n) is 9.39. The van der Waals surface area contributed by atoms with Gasteiger partial charge in [-0.3, -0.25) is 3.97 Å². The van der Waals surface area contributed by atoms with E-state index in [1.165, 1.54) is 78.3 Å². The first-order valence-electron chi connectivity index (χ1n) is 16.2. The number of rotatable bonds is 5. The standard InChI is InChI=1S/C39H40N2S.C2H6/c1-9-28-21-24(4)34(25(5)22-28)35(36-26(6)32-20-19-29-16-12-14-18-33(29)37(32)40-36)38-27(7)30(10-2)39(41(38)42-8)31-17-13-11-15-23(31)3;1-2/h1,11,13-15,17-18,21-22H,10,12,16,19-20H2,2-8H3;1-2H3/b36-35-;. The zero-order chi connectivity index (χ0) is 31.7. The van der Waals surface area contributed by atoms with Gasteiger partial charge in [0, 0.05) is 23.0 Å². The van der Waals surface area contributed by atoms with E-state index in [1.54, 1.807) is 17.5 Å². The van der Waals surface area contributed by atoms with Crippen LogP contribution in [0.15, 0.2) is 81.5 Å². The summed E-state index contributed by atoms with van der Waals surface area (Å²) in [6, 6.07) is 13.1. The molecule has 226 valence electrons. The maximum absolute atomic E-state index is 5.89. The van der Waals surface area contributed by atoms with Gasteiger partial charge in [-0.05, 0) is 141 Å². The van der Waals surface area contributed by atoms with Gasteiger partial charge in [0.2, 0.25) is 0 Å². The van der Waals surface area contributed by atoms with Crippen LogP contribution in [0.25, 0.3) is 16.8 Å². The van der Waals surface area contributed by atoms with Gasteiger partial charge in [-0.15, -0.1) is 6.42 Å². The summed E-state index contributed by atoms with van der Waals surface area (Å²) < 4.78 is 2.48. The lowest BCUT2D eigenvalue weighted by Gasteiger charge is -2.23. The fraction of sp³-hybridized carbons (Fsp3) is 0.341. The van der Waals surface area contributed by atoms with Crippen molar-refractivity contribution >= 4 is 23.2 Å². The summed E-state index contributed by atoms with van der Waals surface area (Å²) >= 11 is 1.79. The molecule has 2 nitrogen and oxygen atoms in total. The number of fused-ring (bicyclic) bond motifs is 2. The summed E-state index contributed by atoms with van der Waals surface area (Å²) in [6.45, 7) is 17.5. The zero-order valence-corrected chi connectivity index (χ0v) is 28.9. The minimum atomic E-state index is 0.925. The van der Waals surface area contributed by atoms with E-state index < -0.39 is 0 Å². The normalized spacial score (nSPS) is 16.7. The molecule has 0 atom stereocenters. The fourth-order valence-electron chi connectivity index (χ4n) is 7.36. The van der Waals surface area contributed by atoms with E-state index in [1.807, 2.05) is 13.8 Å². The molecule has 0 saturated heterocycles. The molecule has 0 fully saturated rings.